The number of fused-ring (bicyclic) bond motifs is 1. The SMILES string of the molecule is O=C(O)CCCc1ccc(F)c2c1OCO2. The van der Waals surface area contributed by atoms with Crippen LogP contribution in [-0.2, 0) is 11.2 Å². The lowest BCUT2D eigenvalue weighted by Crippen LogP contribution is -1.97. The summed E-state index contributed by atoms with van der Waals surface area (Å²) in [4.78, 5) is 10.4. The van der Waals surface area contributed by atoms with E-state index in [1.54, 1.807) is 6.07 Å². The van der Waals surface area contributed by atoms with Crippen LogP contribution in [0.15, 0.2) is 12.1 Å². The minimum absolute atomic E-state index is 0.0161. The Morgan fingerprint density at radius 1 is 1.38 bits per heavy atom. The number of ether oxygens (including phenoxy) is 2. The van der Waals surface area contributed by atoms with E-state index in [9.17, 15) is 9.18 Å². The fraction of sp³-hybridized carbons (Fsp3) is 0.364. The van der Waals surface area contributed by atoms with Gasteiger partial charge in [0.15, 0.2) is 11.6 Å². The van der Waals surface area contributed by atoms with Crippen molar-refractivity contribution in [1.29, 1.82) is 0 Å². The number of carbonyl (C=O) groups is 1. The first-order valence-corrected chi connectivity index (χ1v) is 4.97. The van der Waals surface area contributed by atoms with E-state index in [0.717, 1.165) is 5.56 Å². The Morgan fingerprint density at radius 2 is 2.12 bits per heavy atom. The van der Waals surface area contributed by atoms with Gasteiger partial charge in [0.2, 0.25) is 12.5 Å². The van der Waals surface area contributed by atoms with Gasteiger partial charge in [-0.05, 0) is 24.5 Å². The molecule has 0 fully saturated rings. The molecule has 0 amide bonds. The third kappa shape index (κ3) is 2.08. The van der Waals surface area contributed by atoms with Gasteiger partial charge in [-0.15, -0.1) is 0 Å². The Bertz CT molecular complexity index is 417. The summed E-state index contributed by atoms with van der Waals surface area (Å²) < 4.78 is 23.4. The fourth-order valence-corrected chi connectivity index (χ4v) is 1.65. The van der Waals surface area contributed by atoms with E-state index >= 15 is 0 Å². The van der Waals surface area contributed by atoms with Crippen LogP contribution < -0.4 is 9.47 Å². The molecule has 16 heavy (non-hydrogen) atoms. The van der Waals surface area contributed by atoms with E-state index in [-0.39, 0.29) is 19.0 Å². The first-order valence-electron chi connectivity index (χ1n) is 4.97. The highest BCUT2D eigenvalue weighted by Gasteiger charge is 2.21. The molecule has 1 aliphatic heterocycles. The largest absolute Gasteiger partial charge is 0.481 e. The Hall–Kier alpha value is -1.78. The van der Waals surface area contributed by atoms with Crippen LogP contribution in [0.3, 0.4) is 0 Å². The summed E-state index contributed by atoms with van der Waals surface area (Å²) in [6, 6.07) is 2.91. The number of halogens is 1. The van der Waals surface area contributed by atoms with Crippen LogP contribution >= 0.6 is 0 Å². The van der Waals surface area contributed by atoms with Crippen LogP contribution in [-0.4, -0.2) is 17.9 Å². The molecule has 1 aliphatic rings. The summed E-state index contributed by atoms with van der Waals surface area (Å²) >= 11 is 0. The standard InChI is InChI=1S/C11H11FO4/c12-8-5-4-7(2-1-3-9(13)14)10-11(8)16-6-15-10/h4-5H,1-3,6H2,(H,13,14). The molecule has 4 nitrogen and oxygen atoms in total. The summed E-state index contributed by atoms with van der Waals surface area (Å²) in [6.45, 7) is 0.0161. The Kier molecular flexibility index (Phi) is 2.94. The molecule has 0 radical (unpaired) electrons. The highest BCUT2D eigenvalue weighted by atomic mass is 19.1. The van der Waals surface area contributed by atoms with Crippen LogP contribution in [0.4, 0.5) is 4.39 Å². The van der Waals surface area contributed by atoms with Gasteiger partial charge < -0.3 is 14.6 Å². The summed E-state index contributed by atoms with van der Waals surface area (Å²) in [5.41, 5.74) is 0.787. The number of hydrogen-bond acceptors (Lipinski definition) is 3. The van der Waals surface area contributed by atoms with Crippen LogP contribution in [0, 0.1) is 5.82 Å². The predicted molar refractivity (Wildman–Crippen MR) is 53.1 cm³/mol. The third-order valence-corrected chi connectivity index (χ3v) is 2.39. The summed E-state index contributed by atoms with van der Waals surface area (Å²) in [5, 5.41) is 8.51. The van der Waals surface area contributed by atoms with Crippen LogP contribution in [0.1, 0.15) is 18.4 Å². The van der Waals surface area contributed by atoms with Gasteiger partial charge >= 0.3 is 5.97 Å². The number of benzene rings is 1. The highest BCUT2D eigenvalue weighted by Crippen LogP contribution is 2.38. The van der Waals surface area contributed by atoms with Crippen molar-refractivity contribution < 1.29 is 23.8 Å². The van der Waals surface area contributed by atoms with Crippen LogP contribution in [0.2, 0.25) is 0 Å². The van der Waals surface area contributed by atoms with Gasteiger partial charge in [-0.3, -0.25) is 4.79 Å². The zero-order valence-electron chi connectivity index (χ0n) is 8.53. The molecule has 2 rings (SSSR count). The summed E-state index contributed by atoms with van der Waals surface area (Å²) in [6.07, 6.45) is 1.13. The Morgan fingerprint density at radius 3 is 2.88 bits per heavy atom. The normalized spacial score (nSPS) is 12.8. The lowest BCUT2D eigenvalue weighted by Gasteiger charge is -2.05. The Balaban J connectivity index is 2.10. The predicted octanol–water partition coefficient (Wildman–Crippen LogP) is 1.96. The maximum absolute atomic E-state index is 13.2. The molecule has 1 aromatic carbocycles. The highest BCUT2D eigenvalue weighted by molar-refractivity contribution is 5.66. The average Bonchev–Trinajstić information content (AvgIpc) is 2.70. The number of hydrogen-bond donors (Lipinski definition) is 1. The van der Waals surface area contributed by atoms with Crippen molar-refractivity contribution >= 4 is 5.97 Å². The number of aryl methyl sites for hydroxylation is 1. The van der Waals surface area contributed by atoms with Crippen molar-refractivity contribution in [1.82, 2.24) is 0 Å². The van der Waals surface area contributed by atoms with E-state index < -0.39 is 11.8 Å². The number of carboxylic acid groups (broad SMARTS) is 1. The van der Waals surface area contributed by atoms with Gasteiger partial charge in [0.1, 0.15) is 0 Å². The van der Waals surface area contributed by atoms with E-state index in [2.05, 4.69) is 0 Å². The van der Waals surface area contributed by atoms with Gasteiger partial charge in [-0.25, -0.2) is 4.39 Å². The van der Waals surface area contributed by atoms with Gasteiger partial charge in [-0.2, -0.15) is 0 Å². The zero-order chi connectivity index (χ0) is 11.5. The van der Waals surface area contributed by atoms with E-state index in [0.29, 0.717) is 18.6 Å². The fourth-order valence-electron chi connectivity index (χ4n) is 1.65. The minimum Gasteiger partial charge on any atom is -0.481 e. The molecule has 86 valence electrons. The molecule has 1 aromatic rings. The summed E-state index contributed by atoms with van der Waals surface area (Å²) in [7, 11) is 0. The van der Waals surface area contributed by atoms with Crippen LogP contribution in [0.25, 0.3) is 0 Å². The molecule has 0 unspecified atom stereocenters. The molecule has 0 bridgehead atoms. The zero-order valence-corrected chi connectivity index (χ0v) is 8.53. The van der Waals surface area contributed by atoms with Gasteiger partial charge in [-0.1, -0.05) is 6.07 Å². The van der Waals surface area contributed by atoms with Crippen molar-refractivity contribution in [3.05, 3.63) is 23.5 Å². The second-order valence-electron chi connectivity index (χ2n) is 3.52. The molecular formula is C11H11FO4. The maximum Gasteiger partial charge on any atom is 0.303 e. The minimum atomic E-state index is -0.837. The number of rotatable bonds is 4. The monoisotopic (exact) mass is 226 g/mol. The van der Waals surface area contributed by atoms with Crippen LogP contribution in [0.5, 0.6) is 11.5 Å². The van der Waals surface area contributed by atoms with Crippen molar-refractivity contribution in [2.45, 2.75) is 19.3 Å². The average molecular weight is 226 g/mol. The molecule has 0 atom stereocenters. The number of carboxylic acids is 1. The molecule has 1 heterocycles. The lowest BCUT2D eigenvalue weighted by molar-refractivity contribution is -0.137. The Labute approximate surface area is 91.6 Å². The molecule has 0 saturated heterocycles. The summed E-state index contributed by atoms with van der Waals surface area (Å²) in [5.74, 6) is -0.747. The topological polar surface area (TPSA) is 55.8 Å². The first-order chi connectivity index (χ1) is 7.68. The molecule has 5 heteroatoms. The van der Waals surface area contributed by atoms with Crippen molar-refractivity contribution in [3.8, 4) is 11.5 Å². The molecule has 0 aromatic heterocycles. The third-order valence-electron chi connectivity index (χ3n) is 2.39. The van der Waals surface area contributed by atoms with E-state index in [1.165, 1.54) is 6.07 Å². The van der Waals surface area contributed by atoms with Gasteiger partial charge in [0, 0.05) is 6.42 Å². The lowest BCUT2D eigenvalue weighted by atomic mass is 10.1. The van der Waals surface area contributed by atoms with Crippen molar-refractivity contribution in [3.63, 3.8) is 0 Å². The van der Waals surface area contributed by atoms with Gasteiger partial charge in [0.05, 0.1) is 0 Å². The second-order valence-corrected chi connectivity index (χ2v) is 3.52. The molecular weight excluding hydrogens is 215 g/mol. The van der Waals surface area contributed by atoms with E-state index in [4.69, 9.17) is 14.6 Å². The smallest absolute Gasteiger partial charge is 0.303 e. The molecule has 0 aliphatic carbocycles. The molecule has 1 N–H and O–H groups in total. The van der Waals surface area contributed by atoms with Crippen molar-refractivity contribution in [2.24, 2.45) is 0 Å². The van der Waals surface area contributed by atoms with Gasteiger partial charge in [0.25, 0.3) is 0 Å². The number of aliphatic carboxylic acids is 1. The maximum atomic E-state index is 13.2. The molecule has 0 saturated carbocycles. The second kappa shape index (κ2) is 4.38. The molecule has 0 spiro atoms. The van der Waals surface area contributed by atoms with E-state index in [1.807, 2.05) is 0 Å². The quantitative estimate of drug-likeness (QED) is 0.852. The first kappa shape index (κ1) is 10.7. The van der Waals surface area contributed by atoms with Crippen molar-refractivity contribution in [2.75, 3.05) is 6.79 Å².